The summed E-state index contributed by atoms with van der Waals surface area (Å²) in [5.41, 5.74) is 1.27. The van der Waals surface area contributed by atoms with Crippen molar-refractivity contribution in [3.63, 3.8) is 0 Å². The molecule has 0 aliphatic carbocycles. The van der Waals surface area contributed by atoms with Gasteiger partial charge in [-0.3, -0.25) is 0 Å². The summed E-state index contributed by atoms with van der Waals surface area (Å²) in [5, 5.41) is 0. The summed E-state index contributed by atoms with van der Waals surface area (Å²) in [4.78, 5) is 0. The van der Waals surface area contributed by atoms with Crippen molar-refractivity contribution in [2.45, 2.75) is 39.9 Å². The highest BCUT2D eigenvalue weighted by Gasteiger charge is 2.09. The van der Waals surface area contributed by atoms with Crippen LogP contribution in [0.2, 0.25) is 0 Å². The molecular formula is C15H24O3. The Balaban J connectivity index is 2.53. The maximum Gasteiger partial charge on any atom is 0.191 e. The molecule has 3 nitrogen and oxygen atoms in total. The third kappa shape index (κ3) is 5.07. The Labute approximate surface area is 110 Å². The lowest BCUT2D eigenvalue weighted by atomic mass is 10.0. The zero-order valence-electron chi connectivity index (χ0n) is 11.8. The molecule has 0 amide bonds. The van der Waals surface area contributed by atoms with Crippen molar-refractivity contribution in [2.75, 3.05) is 19.8 Å². The van der Waals surface area contributed by atoms with Crippen molar-refractivity contribution in [3.8, 4) is 5.75 Å². The molecule has 0 heterocycles. The maximum absolute atomic E-state index is 5.71. The molecule has 0 saturated carbocycles. The molecule has 1 aromatic rings. The Morgan fingerprint density at radius 1 is 1.06 bits per heavy atom. The first-order chi connectivity index (χ1) is 8.67. The van der Waals surface area contributed by atoms with Crippen molar-refractivity contribution < 1.29 is 14.2 Å². The van der Waals surface area contributed by atoms with E-state index in [4.69, 9.17) is 14.2 Å². The van der Waals surface area contributed by atoms with Gasteiger partial charge in [0.2, 0.25) is 0 Å². The summed E-state index contributed by atoms with van der Waals surface area (Å²) in [7, 11) is 0. The summed E-state index contributed by atoms with van der Waals surface area (Å²) in [6.07, 6.45) is -0.289. The minimum atomic E-state index is -0.289. The molecule has 1 rings (SSSR count). The molecule has 0 radical (unpaired) electrons. The van der Waals surface area contributed by atoms with Crippen molar-refractivity contribution in [1.29, 1.82) is 0 Å². The van der Waals surface area contributed by atoms with Crippen molar-refractivity contribution in [2.24, 2.45) is 0 Å². The minimum absolute atomic E-state index is 0.289. The highest BCUT2D eigenvalue weighted by atomic mass is 16.7. The largest absolute Gasteiger partial charge is 0.488 e. The van der Waals surface area contributed by atoms with Crippen LogP contribution in [-0.2, 0) is 9.47 Å². The van der Waals surface area contributed by atoms with Crippen LogP contribution in [0.4, 0.5) is 0 Å². The average Bonchev–Trinajstić information content (AvgIpc) is 2.37. The van der Waals surface area contributed by atoms with Gasteiger partial charge < -0.3 is 14.2 Å². The van der Waals surface area contributed by atoms with E-state index in [1.807, 2.05) is 26.0 Å². The maximum atomic E-state index is 5.71. The Hall–Kier alpha value is -1.06. The summed E-state index contributed by atoms with van der Waals surface area (Å²) in [6, 6.07) is 8.15. The predicted octanol–water partition coefficient (Wildman–Crippen LogP) is 3.59. The van der Waals surface area contributed by atoms with Gasteiger partial charge in [0.1, 0.15) is 12.4 Å². The van der Waals surface area contributed by atoms with Crippen molar-refractivity contribution >= 4 is 0 Å². The van der Waals surface area contributed by atoms with Crippen LogP contribution in [0.25, 0.3) is 0 Å². The van der Waals surface area contributed by atoms with Crippen LogP contribution in [0.3, 0.4) is 0 Å². The van der Waals surface area contributed by atoms with Crippen LogP contribution in [-0.4, -0.2) is 26.1 Å². The van der Waals surface area contributed by atoms with Gasteiger partial charge in [0, 0.05) is 13.2 Å². The topological polar surface area (TPSA) is 27.7 Å². The van der Waals surface area contributed by atoms with E-state index in [1.54, 1.807) is 0 Å². The third-order valence-corrected chi connectivity index (χ3v) is 2.62. The lowest BCUT2D eigenvalue weighted by Gasteiger charge is -2.18. The fraction of sp³-hybridized carbons (Fsp3) is 0.600. The first-order valence-corrected chi connectivity index (χ1v) is 6.63. The van der Waals surface area contributed by atoms with Crippen molar-refractivity contribution in [3.05, 3.63) is 29.8 Å². The van der Waals surface area contributed by atoms with Crippen LogP contribution in [0, 0.1) is 0 Å². The fourth-order valence-electron chi connectivity index (χ4n) is 1.64. The average molecular weight is 252 g/mol. The highest BCUT2D eigenvalue weighted by molar-refractivity contribution is 5.30. The van der Waals surface area contributed by atoms with Crippen LogP contribution < -0.4 is 4.74 Å². The molecule has 1 aromatic carbocycles. The van der Waals surface area contributed by atoms with Gasteiger partial charge >= 0.3 is 0 Å². The van der Waals surface area contributed by atoms with E-state index in [2.05, 4.69) is 26.0 Å². The predicted molar refractivity (Wildman–Crippen MR) is 73.1 cm³/mol. The Morgan fingerprint density at radius 3 is 2.28 bits per heavy atom. The van der Waals surface area contributed by atoms with Gasteiger partial charge in [0.05, 0.1) is 0 Å². The molecule has 0 bridgehead atoms. The van der Waals surface area contributed by atoms with Crippen LogP contribution in [0.1, 0.15) is 39.2 Å². The molecule has 0 aliphatic rings. The van der Waals surface area contributed by atoms with E-state index >= 15 is 0 Å². The Bertz CT molecular complexity index is 330. The van der Waals surface area contributed by atoms with E-state index in [1.165, 1.54) is 5.56 Å². The molecule has 18 heavy (non-hydrogen) atoms. The molecule has 0 spiro atoms. The molecule has 0 aromatic heterocycles. The summed E-state index contributed by atoms with van der Waals surface area (Å²) in [5.74, 6) is 1.37. The van der Waals surface area contributed by atoms with Gasteiger partial charge in [-0.2, -0.15) is 0 Å². The van der Waals surface area contributed by atoms with Gasteiger partial charge in [-0.15, -0.1) is 0 Å². The molecule has 0 saturated heterocycles. The lowest BCUT2D eigenvalue weighted by molar-refractivity contribution is -0.152. The summed E-state index contributed by atoms with van der Waals surface area (Å²) in [6.45, 7) is 9.91. The van der Waals surface area contributed by atoms with Crippen LogP contribution in [0.15, 0.2) is 24.3 Å². The smallest absolute Gasteiger partial charge is 0.191 e. The number of hydrogen-bond acceptors (Lipinski definition) is 3. The SMILES string of the molecule is CCOC(COc1cccc(C(C)C)c1)OCC. The summed E-state index contributed by atoms with van der Waals surface area (Å²) < 4.78 is 16.6. The monoisotopic (exact) mass is 252 g/mol. The molecule has 0 unspecified atom stereocenters. The fourth-order valence-corrected chi connectivity index (χ4v) is 1.64. The second kappa shape index (κ2) is 8.11. The minimum Gasteiger partial charge on any atom is -0.488 e. The Morgan fingerprint density at radius 2 is 1.72 bits per heavy atom. The second-order valence-corrected chi connectivity index (χ2v) is 4.38. The first kappa shape index (κ1) is 15.0. The zero-order valence-corrected chi connectivity index (χ0v) is 11.8. The Kier molecular flexibility index (Phi) is 6.76. The number of benzene rings is 1. The molecule has 0 N–H and O–H groups in total. The van der Waals surface area contributed by atoms with E-state index in [0.717, 1.165) is 5.75 Å². The van der Waals surface area contributed by atoms with Crippen LogP contribution >= 0.6 is 0 Å². The van der Waals surface area contributed by atoms with Gasteiger partial charge in [-0.1, -0.05) is 26.0 Å². The second-order valence-electron chi connectivity index (χ2n) is 4.38. The van der Waals surface area contributed by atoms with E-state index in [-0.39, 0.29) is 6.29 Å². The molecule has 0 aliphatic heterocycles. The van der Waals surface area contributed by atoms with Gasteiger partial charge in [-0.05, 0) is 37.5 Å². The van der Waals surface area contributed by atoms with Crippen molar-refractivity contribution in [1.82, 2.24) is 0 Å². The first-order valence-electron chi connectivity index (χ1n) is 6.63. The molecule has 0 atom stereocenters. The highest BCUT2D eigenvalue weighted by Crippen LogP contribution is 2.20. The molecule has 3 heteroatoms. The van der Waals surface area contributed by atoms with Gasteiger partial charge in [0.25, 0.3) is 0 Å². The standard InChI is InChI=1S/C15H24O3/c1-5-16-15(17-6-2)11-18-14-9-7-8-13(10-14)12(3)4/h7-10,12,15H,5-6,11H2,1-4H3. The number of ether oxygens (including phenoxy) is 3. The van der Waals surface area contributed by atoms with Crippen LogP contribution in [0.5, 0.6) is 5.75 Å². The van der Waals surface area contributed by atoms with E-state index in [0.29, 0.717) is 25.7 Å². The third-order valence-electron chi connectivity index (χ3n) is 2.62. The van der Waals surface area contributed by atoms with Gasteiger partial charge in [0.15, 0.2) is 6.29 Å². The van der Waals surface area contributed by atoms with E-state index < -0.39 is 0 Å². The lowest BCUT2D eigenvalue weighted by Crippen LogP contribution is -2.25. The molecule has 0 fully saturated rings. The quantitative estimate of drug-likeness (QED) is 0.662. The van der Waals surface area contributed by atoms with Gasteiger partial charge in [-0.25, -0.2) is 0 Å². The normalized spacial score (nSPS) is 11.2. The molecular weight excluding hydrogens is 228 g/mol. The summed E-state index contributed by atoms with van der Waals surface area (Å²) >= 11 is 0. The zero-order chi connectivity index (χ0) is 13.4. The number of rotatable bonds is 8. The number of hydrogen-bond donors (Lipinski definition) is 0. The van der Waals surface area contributed by atoms with E-state index in [9.17, 15) is 0 Å². The molecule has 102 valence electrons.